The SMILES string of the molecule is O=C(c1cccc(OC2CCN(C(=O)c3cnsn3)CC2)c1)N1CCOCC1. The summed E-state index contributed by atoms with van der Waals surface area (Å²) < 4.78 is 19.3. The van der Waals surface area contributed by atoms with Gasteiger partial charge in [-0.3, -0.25) is 9.59 Å². The van der Waals surface area contributed by atoms with Crippen molar-refractivity contribution in [3.63, 3.8) is 0 Å². The van der Waals surface area contributed by atoms with E-state index in [1.807, 2.05) is 18.2 Å². The molecule has 2 aromatic rings. The van der Waals surface area contributed by atoms with E-state index in [-0.39, 0.29) is 17.9 Å². The van der Waals surface area contributed by atoms with Gasteiger partial charge in [0.25, 0.3) is 11.8 Å². The molecule has 0 saturated carbocycles. The highest BCUT2D eigenvalue weighted by atomic mass is 32.1. The van der Waals surface area contributed by atoms with E-state index in [2.05, 4.69) is 8.75 Å². The van der Waals surface area contributed by atoms with Crippen LogP contribution in [0.25, 0.3) is 0 Å². The van der Waals surface area contributed by atoms with E-state index >= 15 is 0 Å². The average Bonchev–Trinajstić information content (AvgIpc) is 3.29. The van der Waals surface area contributed by atoms with Crippen molar-refractivity contribution in [1.82, 2.24) is 18.5 Å². The second-order valence-corrected chi connectivity index (χ2v) is 7.39. The van der Waals surface area contributed by atoms with E-state index in [1.54, 1.807) is 15.9 Å². The number of aromatic nitrogens is 2. The van der Waals surface area contributed by atoms with Gasteiger partial charge in [0, 0.05) is 44.6 Å². The Hall–Kier alpha value is -2.52. The highest BCUT2D eigenvalue weighted by Crippen LogP contribution is 2.22. The van der Waals surface area contributed by atoms with Gasteiger partial charge in [0.05, 0.1) is 31.1 Å². The predicted molar refractivity (Wildman–Crippen MR) is 103 cm³/mol. The van der Waals surface area contributed by atoms with Crippen LogP contribution in [0.15, 0.2) is 30.5 Å². The number of ether oxygens (including phenoxy) is 2. The Morgan fingerprint density at radius 2 is 1.82 bits per heavy atom. The van der Waals surface area contributed by atoms with Crippen molar-refractivity contribution in [2.45, 2.75) is 18.9 Å². The molecule has 0 spiro atoms. The maximum absolute atomic E-state index is 12.6. The van der Waals surface area contributed by atoms with Crippen LogP contribution < -0.4 is 4.74 Å². The number of morpholine rings is 1. The van der Waals surface area contributed by atoms with E-state index in [4.69, 9.17) is 9.47 Å². The Kier molecular flexibility index (Phi) is 5.82. The smallest absolute Gasteiger partial charge is 0.275 e. The lowest BCUT2D eigenvalue weighted by Gasteiger charge is -2.32. The van der Waals surface area contributed by atoms with Crippen LogP contribution in [0.2, 0.25) is 0 Å². The largest absolute Gasteiger partial charge is 0.490 e. The van der Waals surface area contributed by atoms with E-state index in [1.165, 1.54) is 6.20 Å². The fraction of sp³-hybridized carbons (Fsp3) is 0.474. The molecular weight excluding hydrogens is 380 g/mol. The third-order valence-corrected chi connectivity index (χ3v) is 5.47. The normalized spacial score (nSPS) is 18.1. The summed E-state index contributed by atoms with van der Waals surface area (Å²) in [4.78, 5) is 28.6. The molecule has 0 aliphatic carbocycles. The van der Waals surface area contributed by atoms with Crippen molar-refractivity contribution in [3.05, 3.63) is 41.7 Å². The first-order valence-electron chi connectivity index (χ1n) is 9.41. The molecule has 2 aliphatic heterocycles. The average molecular weight is 402 g/mol. The lowest BCUT2D eigenvalue weighted by atomic mass is 10.1. The van der Waals surface area contributed by atoms with Crippen LogP contribution in [0.1, 0.15) is 33.7 Å². The molecule has 9 heteroatoms. The Bertz CT molecular complexity index is 815. The molecule has 148 valence electrons. The van der Waals surface area contributed by atoms with Crippen molar-refractivity contribution < 1.29 is 19.1 Å². The molecule has 0 N–H and O–H groups in total. The van der Waals surface area contributed by atoms with Crippen molar-refractivity contribution in [2.24, 2.45) is 0 Å². The molecule has 8 nitrogen and oxygen atoms in total. The highest BCUT2D eigenvalue weighted by Gasteiger charge is 2.26. The summed E-state index contributed by atoms with van der Waals surface area (Å²) in [5.74, 6) is 0.615. The number of benzene rings is 1. The van der Waals surface area contributed by atoms with Crippen LogP contribution in [0.4, 0.5) is 0 Å². The molecule has 3 heterocycles. The number of nitrogens with zero attached hydrogens (tertiary/aromatic N) is 4. The number of rotatable bonds is 4. The Morgan fingerprint density at radius 3 is 2.54 bits per heavy atom. The van der Waals surface area contributed by atoms with Crippen molar-refractivity contribution in [3.8, 4) is 5.75 Å². The third-order valence-electron chi connectivity index (χ3n) is 4.99. The first-order valence-corrected chi connectivity index (χ1v) is 10.1. The molecule has 0 radical (unpaired) electrons. The van der Waals surface area contributed by atoms with Gasteiger partial charge in [0.1, 0.15) is 11.9 Å². The van der Waals surface area contributed by atoms with Gasteiger partial charge in [0.15, 0.2) is 5.69 Å². The van der Waals surface area contributed by atoms with Gasteiger partial charge in [-0.05, 0) is 18.2 Å². The number of carbonyl (C=O) groups excluding carboxylic acids is 2. The maximum atomic E-state index is 12.6. The van der Waals surface area contributed by atoms with E-state index < -0.39 is 0 Å². The topological polar surface area (TPSA) is 84.9 Å². The first kappa shape index (κ1) is 18.8. The van der Waals surface area contributed by atoms with E-state index in [0.717, 1.165) is 24.6 Å². The van der Waals surface area contributed by atoms with Crippen molar-refractivity contribution in [2.75, 3.05) is 39.4 Å². The van der Waals surface area contributed by atoms with Gasteiger partial charge in [-0.2, -0.15) is 8.75 Å². The van der Waals surface area contributed by atoms with Gasteiger partial charge in [-0.25, -0.2) is 0 Å². The van der Waals surface area contributed by atoms with Gasteiger partial charge in [-0.15, -0.1) is 0 Å². The Morgan fingerprint density at radius 1 is 1.07 bits per heavy atom. The molecular formula is C19H22N4O4S. The van der Waals surface area contributed by atoms with Gasteiger partial charge < -0.3 is 19.3 Å². The second-order valence-electron chi connectivity index (χ2n) is 6.83. The second kappa shape index (κ2) is 8.66. The zero-order valence-corrected chi connectivity index (χ0v) is 16.3. The van der Waals surface area contributed by atoms with Crippen LogP contribution in [-0.4, -0.2) is 75.9 Å². The Labute approximate surface area is 167 Å². The van der Waals surface area contributed by atoms with Crippen molar-refractivity contribution >= 4 is 23.5 Å². The molecule has 0 bridgehead atoms. The van der Waals surface area contributed by atoms with Crippen LogP contribution >= 0.6 is 11.7 Å². The summed E-state index contributed by atoms with van der Waals surface area (Å²) >= 11 is 1.04. The first-order chi connectivity index (χ1) is 13.7. The number of amides is 2. The van der Waals surface area contributed by atoms with Crippen LogP contribution in [-0.2, 0) is 4.74 Å². The van der Waals surface area contributed by atoms with Crippen LogP contribution in [0.5, 0.6) is 5.75 Å². The van der Waals surface area contributed by atoms with Crippen LogP contribution in [0, 0.1) is 0 Å². The summed E-state index contributed by atoms with van der Waals surface area (Å²) in [6.07, 6.45) is 3.01. The molecule has 2 amide bonds. The fourth-order valence-corrected chi connectivity index (χ4v) is 3.85. The standard InChI is InChI=1S/C19H22N4O4S/c24-18(23-8-10-26-11-9-23)14-2-1-3-16(12-14)27-15-4-6-22(7-5-15)19(25)17-13-20-28-21-17/h1-3,12-13,15H,4-11H2. The zero-order chi connectivity index (χ0) is 19.3. The lowest BCUT2D eigenvalue weighted by molar-refractivity contribution is 0.0302. The monoisotopic (exact) mass is 402 g/mol. The third kappa shape index (κ3) is 4.31. The quantitative estimate of drug-likeness (QED) is 0.774. The van der Waals surface area contributed by atoms with Gasteiger partial charge in [0.2, 0.25) is 0 Å². The number of piperidine rings is 1. The van der Waals surface area contributed by atoms with Gasteiger partial charge in [-0.1, -0.05) is 6.07 Å². The molecule has 0 atom stereocenters. The minimum Gasteiger partial charge on any atom is -0.490 e. The highest BCUT2D eigenvalue weighted by molar-refractivity contribution is 6.99. The molecule has 0 unspecified atom stereocenters. The minimum atomic E-state index is -0.0784. The maximum Gasteiger partial charge on any atom is 0.275 e. The van der Waals surface area contributed by atoms with E-state index in [9.17, 15) is 9.59 Å². The van der Waals surface area contributed by atoms with E-state index in [0.29, 0.717) is 56.4 Å². The number of hydrogen-bond acceptors (Lipinski definition) is 7. The summed E-state index contributed by atoms with van der Waals surface area (Å²) in [7, 11) is 0. The molecule has 2 aliphatic rings. The number of carbonyl (C=O) groups is 2. The number of hydrogen-bond donors (Lipinski definition) is 0. The van der Waals surface area contributed by atoms with Crippen molar-refractivity contribution in [1.29, 1.82) is 0 Å². The minimum absolute atomic E-state index is 0.00559. The fourth-order valence-electron chi connectivity index (χ4n) is 3.44. The summed E-state index contributed by atoms with van der Waals surface area (Å²) in [6, 6.07) is 7.33. The molecule has 28 heavy (non-hydrogen) atoms. The summed E-state index contributed by atoms with van der Waals surface area (Å²) in [5.41, 5.74) is 1.03. The molecule has 2 fully saturated rings. The number of likely N-dealkylation sites (tertiary alicyclic amines) is 1. The molecule has 1 aromatic carbocycles. The Balaban J connectivity index is 1.33. The summed E-state index contributed by atoms with van der Waals surface area (Å²) in [6.45, 7) is 3.63. The molecule has 2 saturated heterocycles. The predicted octanol–water partition coefficient (Wildman–Crippen LogP) is 1.69. The molecule has 1 aromatic heterocycles. The zero-order valence-electron chi connectivity index (χ0n) is 15.5. The van der Waals surface area contributed by atoms with Crippen LogP contribution in [0.3, 0.4) is 0 Å². The summed E-state index contributed by atoms with van der Waals surface area (Å²) in [5, 5.41) is 0. The van der Waals surface area contributed by atoms with Gasteiger partial charge >= 0.3 is 0 Å². The molecule has 4 rings (SSSR count). The lowest BCUT2D eigenvalue weighted by Crippen LogP contribution is -2.42.